The maximum Gasteiger partial charge on any atom is 0.0711 e. The number of rotatable bonds is 1. The summed E-state index contributed by atoms with van der Waals surface area (Å²) in [6.07, 6.45) is 1.04. The number of fused-ring (bicyclic) bond motifs is 1. The first-order valence-electron chi connectivity index (χ1n) is 5.12. The standard InChI is InChI=1S/C12H15ClN2/c1-8-6-9-7-10(13)4-5-11(9)12(8)14-15(2)3/h4-5,7-8H,6H2,1-3H3. The molecule has 1 aliphatic carbocycles. The molecular formula is C12H15ClN2. The van der Waals surface area contributed by atoms with Gasteiger partial charge >= 0.3 is 0 Å². The maximum absolute atomic E-state index is 5.97. The molecule has 2 rings (SSSR count). The van der Waals surface area contributed by atoms with Gasteiger partial charge in [0.15, 0.2) is 0 Å². The molecule has 1 aromatic carbocycles. The number of hydrogen-bond acceptors (Lipinski definition) is 2. The van der Waals surface area contributed by atoms with Gasteiger partial charge < -0.3 is 5.01 Å². The number of halogens is 1. The van der Waals surface area contributed by atoms with Crippen LogP contribution in [0.1, 0.15) is 18.1 Å². The fourth-order valence-corrected chi connectivity index (χ4v) is 2.24. The van der Waals surface area contributed by atoms with Crippen LogP contribution in [0.4, 0.5) is 0 Å². The zero-order valence-electron chi connectivity index (χ0n) is 9.29. The molecule has 0 N–H and O–H groups in total. The molecule has 0 aromatic heterocycles. The Morgan fingerprint density at radius 1 is 1.40 bits per heavy atom. The molecule has 1 aromatic rings. The number of benzene rings is 1. The van der Waals surface area contributed by atoms with Crippen LogP contribution in [-0.4, -0.2) is 24.8 Å². The highest BCUT2D eigenvalue weighted by molar-refractivity contribution is 6.30. The molecule has 1 aliphatic rings. The third-order valence-corrected chi connectivity index (χ3v) is 2.88. The summed E-state index contributed by atoms with van der Waals surface area (Å²) in [6, 6.07) is 6.05. The van der Waals surface area contributed by atoms with Gasteiger partial charge in [-0.1, -0.05) is 24.6 Å². The largest absolute Gasteiger partial charge is 0.303 e. The van der Waals surface area contributed by atoms with Gasteiger partial charge in [-0.15, -0.1) is 0 Å². The Morgan fingerprint density at radius 3 is 2.80 bits per heavy atom. The van der Waals surface area contributed by atoms with Gasteiger partial charge in [0, 0.05) is 30.6 Å². The molecule has 0 aliphatic heterocycles. The average Bonchev–Trinajstić information content (AvgIpc) is 2.41. The topological polar surface area (TPSA) is 15.6 Å². The molecule has 80 valence electrons. The Hall–Kier alpha value is -1.02. The first-order valence-corrected chi connectivity index (χ1v) is 5.50. The Morgan fingerprint density at radius 2 is 2.13 bits per heavy atom. The van der Waals surface area contributed by atoms with Crippen molar-refractivity contribution in [1.82, 2.24) is 5.01 Å². The molecule has 0 saturated carbocycles. The fourth-order valence-electron chi connectivity index (χ4n) is 2.04. The first kappa shape index (κ1) is 10.5. The van der Waals surface area contributed by atoms with E-state index in [1.165, 1.54) is 16.8 Å². The van der Waals surface area contributed by atoms with Crippen LogP contribution < -0.4 is 0 Å². The van der Waals surface area contributed by atoms with Crippen LogP contribution in [0.2, 0.25) is 5.02 Å². The van der Waals surface area contributed by atoms with Gasteiger partial charge in [-0.3, -0.25) is 0 Å². The molecular weight excluding hydrogens is 208 g/mol. The minimum atomic E-state index is 0.487. The van der Waals surface area contributed by atoms with E-state index < -0.39 is 0 Å². The van der Waals surface area contributed by atoms with Crippen molar-refractivity contribution in [2.75, 3.05) is 14.1 Å². The van der Waals surface area contributed by atoms with Crippen molar-refractivity contribution in [3.05, 3.63) is 34.3 Å². The van der Waals surface area contributed by atoms with E-state index in [2.05, 4.69) is 18.1 Å². The molecule has 0 fully saturated rings. The lowest BCUT2D eigenvalue weighted by molar-refractivity contribution is 0.434. The molecule has 1 unspecified atom stereocenters. The minimum absolute atomic E-state index is 0.487. The van der Waals surface area contributed by atoms with Crippen molar-refractivity contribution < 1.29 is 0 Å². The third kappa shape index (κ3) is 2.00. The first-order chi connectivity index (χ1) is 7.08. The summed E-state index contributed by atoms with van der Waals surface area (Å²) >= 11 is 5.97. The monoisotopic (exact) mass is 222 g/mol. The molecule has 1 atom stereocenters. The van der Waals surface area contributed by atoms with Gasteiger partial charge in [0.1, 0.15) is 0 Å². The van der Waals surface area contributed by atoms with Crippen LogP contribution in [0.25, 0.3) is 0 Å². The molecule has 0 radical (unpaired) electrons. The van der Waals surface area contributed by atoms with Crippen molar-refractivity contribution in [3.63, 3.8) is 0 Å². The Labute approximate surface area is 95.5 Å². The van der Waals surface area contributed by atoms with E-state index in [0.717, 1.165) is 11.4 Å². The van der Waals surface area contributed by atoms with Gasteiger partial charge in [0.25, 0.3) is 0 Å². The lowest BCUT2D eigenvalue weighted by Gasteiger charge is -2.10. The van der Waals surface area contributed by atoms with Crippen molar-refractivity contribution in [1.29, 1.82) is 0 Å². The normalized spacial score (nSPS) is 21.9. The van der Waals surface area contributed by atoms with Gasteiger partial charge in [-0.25, -0.2) is 0 Å². The molecule has 0 heterocycles. The lowest BCUT2D eigenvalue weighted by Crippen LogP contribution is -2.13. The number of hydrogen-bond donors (Lipinski definition) is 0. The van der Waals surface area contributed by atoms with Crippen LogP contribution in [0.15, 0.2) is 23.3 Å². The fraction of sp³-hybridized carbons (Fsp3) is 0.417. The van der Waals surface area contributed by atoms with E-state index in [1.54, 1.807) is 0 Å². The summed E-state index contributed by atoms with van der Waals surface area (Å²) in [5, 5.41) is 7.20. The molecule has 0 spiro atoms. The van der Waals surface area contributed by atoms with Crippen molar-refractivity contribution >= 4 is 17.3 Å². The zero-order chi connectivity index (χ0) is 11.0. The molecule has 3 heteroatoms. The van der Waals surface area contributed by atoms with E-state index in [4.69, 9.17) is 11.6 Å². The van der Waals surface area contributed by atoms with Gasteiger partial charge in [-0.2, -0.15) is 5.10 Å². The Kier molecular flexibility index (Phi) is 2.70. The van der Waals surface area contributed by atoms with Crippen LogP contribution in [-0.2, 0) is 6.42 Å². The van der Waals surface area contributed by atoms with E-state index >= 15 is 0 Å². The molecule has 0 bridgehead atoms. The molecule has 2 nitrogen and oxygen atoms in total. The van der Waals surface area contributed by atoms with Gasteiger partial charge in [-0.05, 0) is 24.1 Å². The highest BCUT2D eigenvalue weighted by Crippen LogP contribution is 2.29. The molecule has 15 heavy (non-hydrogen) atoms. The van der Waals surface area contributed by atoms with Crippen molar-refractivity contribution in [2.45, 2.75) is 13.3 Å². The number of hydrazone groups is 1. The minimum Gasteiger partial charge on any atom is -0.303 e. The predicted molar refractivity (Wildman–Crippen MR) is 64.5 cm³/mol. The highest BCUT2D eigenvalue weighted by atomic mass is 35.5. The predicted octanol–water partition coefficient (Wildman–Crippen LogP) is 2.80. The maximum atomic E-state index is 5.97. The van der Waals surface area contributed by atoms with Crippen LogP contribution in [0, 0.1) is 5.92 Å². The Bertz CT molecular complexity index is 410. The molecule has 0 amide bonds. The van der Waals surface area contributed by atoms with E-state index in [9.17, 15) is 0 Å². The summed E-state index contributed by atoms with van der Waals surface area (Å²) in [5.74, 6) is 0.487. The van der Waals surface area contributed by atoms with Gasteiger partial charge in [0.05, 0.1) is 5.71 Å². The van der Waals surface area contributed by atoms with Gasteiger partial charge in [0.2, 0.25) is 0 Å². The van der Waals surface area contributed by atoms with E-state index in [0.29, 0.717) is 5.92 Å². The Balaban J connectivity index is 2.46. The average molecular weight is 223 g/mol. The summed E-state index contributed by atoms with van der Waals surface area (Å²) in [4.78, 5) is 0. The van der Waals surface area contributed by atoms with Crippen molar-refractivity contribution in [3.8, 4) is 0 Å². The van der Waals surface area contributed by atoms with Crippen LogP contribution >= 0.6 is 11.6 Å². The smallest absolute Gasteiger partial charge is 0.0711 e. The second-order valence-corrected chi connectivity index (χ2v) is 4.68. The summed E-state index contributed by atoms with van der Waals surface area (Å²) in [7, 11) is 3.90. The summed E-state index contributed by atoms with van der Waals surface area (Å²) in [5.41, 5.74) is 3.74. The van der Waals surface area contributed by atoms with Crippen LogP contribution in [0.5, 0.6) is 0 Å². The lowest BCUT2D eigenvalue weighted by atomic mass is 10.1. The SMILES string of the molecule is CC1Cc2cc(Cl)ccc2C1=NN(C)C. The third-order valence-electron chi connectivity index (χ3n) is 2.64. The number of nitrogens with zero attached hydrogens (tertiary/aromatic N) is 2. The van der Waals surface area contributed by atoms with E-state index in [-0.39, 0.29) is 0 Å². The highest BCUT2D eigenvalue weighted by Gasteiger charge is 2.25. The molecule has 0 saturated heterocycles. The van der Waals surface area contributed by atoms with E-state index in [1.807, 2.05) is 31.2 Å². The van der Waals surface area contributed by atoms with Crippen LogP contribution in [0.3, 0.4) is 0 Å². The summed E-state index contributed by atoms with van der Waals surface area (Å²) < 4.78 is 0. The zero-order valence-corrected chi connectivity index (χ0v) is 10.0. The van der Waals surface area contributed by atoms with Crippen molar-refractivity contribution in [2.24, 2.45) is 11.0 Å². The second-order valence-electron chi connectivity index (χ2n) is 4.24. The second kappa shape index (κ2) is 3.86. The quantitative estimate of drug-likeness (QED) is 0.668. The summed E-state index contributed by atoms with van der Waals surface area (Å²) in [6.45, 7) is 2.20.